The van der Waals surface area contributed by atoms with Crippen molar-refractivity contribution in [3.63, 3.8) is 0 Å². The molecule has 0 atom stereocenters. The van der Waals surface area contributed by atoms with Gasteiger partial charge < -0.3 is 25.2 Å². The molecule has 1 saturated heterocycles. The van der Waals surface area contributed by atoms with Gasteiger partial charge in [-0.3, -0.25) is 0 Å². The monoisotopic (exact) mass is 489 g/mol. The van der Waals surface area contributed by atoms with Crippen LogP contribution in [0.4, 0.5) is 14.5 Å². The number of nitrogen functional groups attached to an aromatic ring is 1. The number of nitrogens with one attached hydrogen (secondary N) is 1. The third-order valence-electron chi connectivity index (χ3n) is 6.73. The number of fused-ring (bicyclic) bond motifs is 1. The number of hydrogen-bond acceptors (Lipinski definition) is 5. The molecule has 3 aromatic carbocycles. The lowest BCUT2D eigenvalue weighted by Crippen LogP contribution is -2.17. The van der Waals surface area contributed by atoms with E-state index in [0.717, 1.165) is 46.6 Å². The van der Waals surface area contributed by atoms with Gasteiger partial charge in [0.25, 0.3) is 0 Å². The fourth-order valence-corrected chi connectivity index (χ4v) is 4.97. The molecule has 36 heavy (non-hydrogen) atoms. The summed E-state index contributed by atoms with van der Waals surface area (Å²) in [7, 11) is 1.33. The Morgan fingerprint density at radius 2 is 1.81 bits per heavy atom. The van der Waals surface area contributed by atoms with Crippen LogP contribution in [0.15, 0.2) is 54.6 Å². The van der Waals surface area contributed by atoms with Crippen LogP contribution in [0.5, 0.6) is 0 Å². The number of benzene rings is 3. The lowest BCUT2D eigenvalue weighted by Gasteiger charge is -2.26. The molecule has 2 heterocycles. The summed E-state index contributed by atoms with van der Waals surface area (Å²) < 4.78 is 40.7. The summed E-state index contributed by atoms with van der Waals surface area (Å²) in [4.78, 5) is 12.0. The van der Waals surface area contributed by atoms with E-state index in [-0.39, 0.29) is 5.92 Å². The van der Waals surface area contributed by atoms with Crippen molar-refractivity contribution < 1.29 is 23.0 Å². The van der Waals surface area contributed by atoms with Crippen molar-refractivity contribution in [1.82, 2.24) is 4.57 Å². The zero-order valence-electron chi connectivity index (χ0n) is 19.7. The topological polar surface area (TPSA) is 90.3 Å². The average Bonchev–Trinajstić information content (AvgIpc) is 3.23. The minimum Gasteiger partial charge on any atom is -0.465 e. The molecule has 1 aliphatic heterocycles. The molecular weight excluding hydrogens is 464 g/mol. The van der Waals surface area contributed by atoms with E-state index in [2.05, 4.69) is 0 Å². The van der Waals surface area contributed by atoms with Gasteiger partial charge in [-0.2, -0.15) is 0 Å². The molecule has 0 unspecified atom stereocenters. The second-order valence-electron chi connectivity index (χ2n) is 8.79. The van der Waals surface area contributed by atoms with E-state index in [0.29, 0.717) is 35.7 Å². The molecule has 0 radical (unpaired) electrons. The lowest BCUT2D eigenvalue weighted by atomic mass is 9.89. The quantitative estimate of drug-likeness (QED) is 0.209. The summed E-state index contributed by atoms with van der Waals surface area (Å²) in [6.07, 6.45) is 2.68. The number of esters is 1. The Morgan fingerprint density at radius 3 is 2.44 bits per heavy atom. The Kier molecular flexibility index (Phi) is 6.28. The number of nitrogens with two attached hydrogens (primary N) is 1. The molecule has 0 aliphatic carbocycles. The minimum absolute atomic E-state index is 0.0687. The van der Waals surface area contributed by atoms with Crippen LogP contribution in [0.3, 0.4) is 0 Å². The van der Waals surface area contributed by atoms with Gasteiger partial charge in [0, 0.05) is 65.0 Å². The SMILES string of the molecule is COC(=O)c1ccc(-c2c(C3CCOCC3)n(-c3ccc(F)c(F)c3)c3cc(C=N)c(N)cc23)cc1. The summed E-state index contributed by atoms with van der Waals surface area (Å²) in [6, 6.07) is 14.6. The first-order chi connectivity index (χ1) is 17.4. The second-order valence-corrected chi connectivity index (χ2v) is 8.79. The van der Waals surface area contributed by atoms with Crippen LogP contribution < -0.4 is 5.73 Å². The van der Waals surface area contributed by atoms with E-state index < -0.39 is 17.6 Å². The van der Waals surface area contributed by atoms with Gasteiger partial charge in [0.2, 0.25) is 0 Å². The molecule has 3 N–H and O–H groups in total. The maximum absolute atomic E-state index is 14.4. The number of carbonyl (C=O) groups excluding carboxylic acids is 1. The first-order valence-corrected chi connectivity index (χ1v) is 11.6. The van der Waals surface area contributed by atoms with Crippen LogP contribution in [-0.2, 0) is 9.47 Å². The number of hydrogen-bond donors (Lipinski definition) is 2. The Hall–Kier alpha value is -4.04. The summed E-state index contributed by atoms with van der Waals surface area (Å²) in [5, 5.41) is 8.63. The van der Waals surface area contributed by atoms with Gasteiger partial charge in [0.05, 0.1) is 18.2 Å². The second kappa shape index (κ2) is 9.54. The van der Waals surface area contributed by atoms with Crippen LogP contribution in [0.25, 0.3) is 27.7 Å². The Balaban J connectivity index is 1.87. The van der Waals surface area contributed by atoms with E-state index in [1.807, 2.05) is 22.8 Å². The number of nitrogens with zero attached hydrogens (tertiary/aromatic N) is 1. The maximum Gasteiger partial charge on any atom is 0.337 e. The highest BCUT2D eigenvalue weighted by Crippen LogP contribution is 2.44. The van der Waals surface area contributed by atoms with Crippen molar-refractivity contribution in [3.05, 3.63) is 83.1 Å². The van der Waals surface area contributed by atoms with Gasteiger partial charge >= 0.3 is 5.97 Å². The van der Waals surface area contributed by atoms with Gasteiger partial charge in [0.1, 0.15) is 0 Å². The van der Waals surface area contributed by atoms with Crippen LogP contribution in [-0.4, -0.2) is 37.1 Å². The Labute approximate surface area is 206 Å². The number of rotatable bonds is 5. The van der Waals surface area contributed by atoms with Gasteiger partial charge in [-0.25, -0.2) is 13.6 Å². The Morgan fingerprint density at radius 1 is 1.08 bits per heavy atom. The van der Waals surface area contributed by atoms with Crippen molar-refractivity contribution in [3.8, 4) is 16.8 Å². The van der Waals surface area contributed by atoms with Gasteiger partial charge in [0.15, 0.2) is 11.6 Å². The average molecular weight is 490 g/mol. The normalized spacial score (nSPS) is 14.2. The number of methoxy groups -OCH3 is 1. The third-order valence-corrected chi connectivity index (χ3v) is 6.73. The van der Waals surface area contributed by atoms with Crippen molar-refractivity contribution >= 4 is 28.8 Å². The zero-order valence-corrected chi connectivity index (χ0v) is 19.7. The van der Waals surface area contributed by atoms with Crippen LogP contribution in [0.1, 0.15) is 40.4 Å². The molecule has 6 nitrogen and oxygen atoms in total. The fourth-order valence-electron chi connectivity index (χ4n) is 4.97. The molecule has 1 aliphatic rings. The maximum atomic E-state index is 14.4. The van der Waals surface area contributed by atoms with Gasteiger partial charge in [-0.15, -0.1) is 0 Å². The molecule has 0 bridgehead atoms. The summed E-state index contributed by atoms with van der Waals surface area (Å²) in [5.74, 6) is -2.24. The molecule has 4 aromatic rings. The van der Waals surface area contributed by atoms with Crippen LogP contribution >= 0.6 is 0 Å². The molecule has 5 rings (SSSR count). The molecule has 0 amide bonds. The smallest absolute Gasteiger partial charge is 0.337 e. The zero-order chi connectivity index (χ0) is 25.4. The number of carbonyl (C=O) groups is 1. The van der Waals surface area contributed by atoms with Gasteiger partial charge in [-0.05, 0) is 54.8 Å². The molecular formula is C28H25F2N3O3. The van der Waals surface area contributed by atoms with E-state index >= 15 is 0 Å². The summed E-state index contributed by atoms with van der Waals surface area (Å²) in [5.41, 5.74) is 11.5. The molecule has 1 fully saturated rings. The van der Waals surface area contributed by atoms with Crippen molar-refractivity contribution in [1.29, 1.82) is 5.41 Å². The summed E-state index contributed by atoms with van der Waals surface area (Å²) >= 11 is 0. The largest absolute Gasteiger partial charge is 0.465 e. The number of halogens is 2. The first kappa shape index (κ1) is 23.7. The highest BCUT2D eigenvalue weighted by Gasteiger charge is 2.28. The predicted molar refractivity (Wildman–Crippen MR) is 135 cm³/mol. The molecule has 184 valence electrons. The van der Waals surface area contributed by atoms with E-state index in [1.54, 1.807) is 24.3 Å². The fraction of sp³-hybridized carbons (Fsp3) is 0.214. The highest BCUT2D eigenvalue weighted by molar-refractivity contribution is 6.05. The van der Waals surface area contributed by atoms with Crippen LogP contribution in [0.2, 0.25) is 0 Å². The highest BCUT2D eigenvalue weighted by atomic mass is 19.2. The predicted octanol–water partition coefficient (Wildman–Crippen LogP) is 5.84. The van der Waals surface area contributed by atoms with Crippen molar-refractivity contribution in [2.75, 3.05) is 26.1 Å². The van der Waals surface area contributed by atoms with E-state index in [1.165, 1.54) is 19.4 Å². The number of anilines is 1. The lowest BCUT2D eigenvalue weighted by molar-refractivity contribution is 0.0600. The van der Waals surface area contributed by atoms with E-state index in [4.69, 9.17) is 20.6 Å². The summed E-state index contributed by atoms with van der Waals surface area (Å²) in [6.45, 7) is 1.16. The van der Waals surface area contributed by atoms with Crippen molar-refractivity contribution in [2.45, 2.75) is 18.8 Å². The van der Waals surface area contributed by atoms with Crippen LogP contribution in [0, 0.1) is 17.0 Å². The first-order valence-electron chi connectivity index (χ1n) is 11.6. The van der Waals surface area contributed by atoms with Gasteiger partial charge in [-0.1, -0.05) is 12.1 Å². The standard InChI is InChI=1S/C28H25F2N3O3/c1-35-28(34)18-4-2-16(3-5-18)26-21-14-24(32)19(15-31)12-25(21)33(20-6-7-22(29)23(30)13-20)27(26)17-8-10-36-11-9-17/h2-7,12-15,17,31H,8-11,32H2,1H3. The van der Waals surface area contributed by atoms with E-state index in [9.17, 15) is 13.6 Å². The minimum atomic E-state index is -0.945. The van der Waals surface area contributed by atoms with Crippen molar-refractivity contribution in [2.24, 2.45) is 0 Å². The molecule has 1 aromatic heterocycles. The number of aromatic nitrogens is 1. The third kappa shape index (κ3) is 4.03. The molecule has 0 spiro atoms. The number of ether oxygens (including phenoxy) is 2. The Bertz CT molecular complexity index is 1470. The molecule has 0 saturated carbocycles. The molecule has 8 heteroatoms.